The summed E-state index contributed by atoms with van der Waals surface area (Å²) in [5.41, 5.74) is 7.90. The highest BCUT2D eigenvalue weighted by atomic mass is 16.5. The molecule has 1 aliphatic carbocycles. The van der Waals surface area contributed by atoms with Gasteiger partial charge in [0.2, 0.25) is 0 Å². The standard InChI is InChI=1S/C23H38N2O/c1-2-26-19-23(13-12-20-6-4-3-5-7-20)14-16-25(17-15-23)18-21-8-10-22(24)11-9-21/h3-7,21-22H,2,8-19,24H2,1H3. The highest BCUT2D eigenvalue weighted by Crippen LogP contribution is 2.37. The van der Waals surface area contributed by atoms with Gasteiger partial charge in [-0.3, -0.25) is 0 Å². The zero-order chi connectivity index (χ0) is 18.2. The van der Waals surface area contributed by atoms with E-state index >= 15 is 0 Å². The Bertz CT molecular complexity index is 502. The molecule has 1 saturated carbocycles. The van der Waals surface area contributed by atoms with Gasteiger partial charge < -0.3 is 15.4 Å². The average Bonchev–Trinajstić information content (AvgIpc) is 2.69. The quantitative estimate of drug-likeness (QED) is 0.755. The summed E-state index contributed by atoms with van der Waals surface area (Å²) in [5, 5.41) is 0. The first-order valence-corrected chi connectivity index (χ1v) is 10.8. The lowest BCUT2D eigenvalue weighted by Gasteiger charge is -2.43. The number of rotatable bonds is 8. The van der Waals surface area contributed by atoms with E-state index in [2.05, 4.69) is 42.2 Å². The van der Waals surface area contributed by atoms with E-state index < -0.39 is 0 Å². The van der Waals surface area contributed by atoms with Gasteiger partial charge in [-0.05, 0) is 88.3 Å². The summed E-state index contributed by atoms with van der Waals surface area (Å²) >= 11 is 0. The molecule has 1 saturated heterocycles. The fourth-order valence-electron chi connectivity index (χ4n) is 4.79. The highest BCUT2D eigenvalue weighted by molar-refractivity contribution is 5.15. The fourth-order valence-corrected chi connectivity index (χ4v) is 4.79. The topological polar surface area (TPSA) is 38.5 Å². The molecule has 0 unspecified atom stereocenters. The predicted octanol–water partition coefficient (Wildman–Crippen LogP) is 4.26. The van der Waals surface area contributed by atoms with Crippen LogP contribution in [0.15, 0.2) is 30.3 Å². The van der Waals surface area contributed by atoms with Crippen molar-refractivity contribution in [2.75, 3.05) is 32.8 Å². The first kappa shape index (κ1) is 19.9. The maximum Gasteiger partial charge on any atom is 0.0523 e. The van der Waals surface area contributed by atoms with Crippen molar-refractivity contribution in [1.82, 2.24) is 4.90 Å². The van der Waals surface area contributed by atoms with Gasteiger partial charge in [0.25, 0.3) is 0 Å². The summed E-state index contributed by atoms with van der Waals surface area (Å²) in [5.74, 6) is 0.874. The molecule has 0 amide bonds. The largest absolute Gasteiger partial charge is 0.381 e. The van der Waals surface area contributed by atoms with Crippen molar-refractivity contribution < 1.29 is 4.74 Å². The van der Waals surface area contributed by atoms with Crippen LogP contribution in [0.3, 0.4) is 0 Å². The van der Waals surface area contributed by atoms with Gasteiger partial charge in [0.05, 0.1) is 6.61 Å². The van der Waals surface area contributed by atoms with E-state index in [0.29, 0.717) is 11.5 Å². The molecule has 3 rings (SSSR count). The molecule has 3 nitrogen and oxygen atoms in total. The predicted molar refractivity (Wildman–Crippen MR) is 109 cm³/mol. The normalized spacial score (nSPS) is 26.7. The molecule has 1 aliphatic heterocycles. The molecule has 1 heterocycles. The summed E-state index contributed by atoms with van der Waals surface area (Å²) in [6, 6.07) is 11.4. The van der Waals surface area contributed by atoms with Crippen molar-refractivity contribution in [1.29, 1.82) is 0 Å². The molecule has 2 N–H and O–H groups in total. The van der Waals surface area contributed by atoms with Gasteiger partial charge in [0.1, 0.15) is 0 Å². The number of aryl methyl sites for hydroxylation is 1. The third-order valence-electron chi connectivity index (χ3n) is 6.72. The smallest absolute Gasteiger partial charge is 0.0523 e. The number of hydrogen-bond acceptors (Lipinski definition) is 3. The molecule has 0 aromatic heterocycles. The van der Waals surface area contributed by atoms with Crippen LogP contribution in [-0.2, 0) is 11.2 Å². The van der Waals surface area contributed by atoms with Crippen molar-refractivity contribution in [3.8, 4) is 0 Å². The van der Waals surface area contributed by atoms with Crippen LogP contribution in [0, 0.1) is 11.3 Å². The number of nitrogens with two attached hydrogens (primary N) is 1. The Morgan fingerprint density at radius 1 is 1.08 bits per heavy atom. The third-order valence-corrected chi connectivity index (χ3v) is 6.72. The maximum absolute atomic E-state index is 6.07. The number of benzene rings is 1. The lowest BCUT2D eigenvalue weighted by molar-refractivity contribution is -0.00473. The summed E-state index contributed by atoms with van der Waals surface area (Å²) in [6.07, 6.45) is 10.1. The fraction of sp³-hybridized carbons (Fsp3) is 0.739. The van der Waals surface area contributed by atoms with Crippen molar-refractivity contribution in [2.24, 2.45) is 17.1 Å². The van der Waals surface area contributed by atoms with E-state index in [9.17, 15) is 0 Å². The van der Waals surface area contributed by atoms with Gasteiger partial charge in [-0.15, -0.1) is 0 Å². The number of ether oxygens (including phenoxy) is 1. The lowest BCUT2D eigenvalue weighted by atomic mass is 9.74. The zero-order valence-electron chi connectivity index (χ0n) is 16.7. The minimum absolute atomic E-state index is 0.372. The van der Waals surface area contributed by atoms with Crippen LogP contribution in [0.2, 0.25) is 0 Å². The summed E-state index contributed by atoms with van der Waals surface area (Å²) in [7, 11) is 0. The lowest BCUT2D eigenvalue weighted by Crippen LogP contribution is -2.45. The van der Waals surface area contributed by atoms with Crippen LogP contribution in [0.5, 0.6) is 0 Å². The van der Waals surface area contributed by atoms with Crippen LogP contribution in [0.4, 0.5) is 0 Å². The van der Waals surface area contributed by atoms with E-state index in [0.717, 1.165) is 19.1 Å². The number of hydrogen-bond donors (Lipinski definition) is 1. The number of piperidine rings is 1. The second-order valence-electron chi connectivity index (χ2n) is 8.70. The van der Waals surface area contributed by atoms with Crippen LogP contribution in [0.1, 0.15) is 57.4 Å². The highest BCUT2D eigenvalue weighted by Gasteiger charge is 2.35. The molecule has 1 aromatic rings. The van der Waals surface area contributed by atoms with Gasteiger partial charge in [0.15, 0.2) is 0 Å². The Hall–Kier alpha value is -0.900. The van der Waals surface area contributed by atoms with Gasteiger partial charge in [-0.25, -0.2) is 0 Å². The van der Waals surface area contributed by atoms with Gasteiger partial charge in [-0.1, -0.05) is 30.3 Å². The van der Waals surface area contributed by atoms with Crippen molar-refractivity contribution in [3.05, 3.63) is 35.9 Å². The SMILES string of the molecule is CCOCC1(CCc2ccccc2)CCN(CC2CCC(N)CC2)CC1. The van der Waals surface area contributed by atoms with Crippen LogP contribution in [0.25, 0.3) is 0 Å². The number of likely N-dealkylation sites (tertiary alicyclic amines) is 1. The van der Waals surface area contributed by atoms with E-state index in [-0.39, 0.29) is 0 Å². The minimum Gasteiger partial charge on any atom is -0.381 e. The van der Waals surface area contributed by atoms with E-state index in [1.807, 2.05) is 0 Å². The Kier molecular flexibility index (Phi) is 7.53. The Labute approximate surface area is 160 Å². The molecular weight excluding hydrogens is 320 g/mol. The molecular formula is C23H38N2O. The van der Waals surface area contributed by atoms with Crippen LogP contribution < -0.4 is 5.73 Å². The second-order valence-corrected chi connectivity index (χ2v) is 8.70. The van der Waals surface area contributed by atoms with Crippen LogP contribution >= 0.6 is 0 Å². The third kappa shape index (κ3) is 5.80. The molecule has 146 valence electrons. The molecule has 2 aliphatic rings. The van der Waals surface area contributed by atoms with Crippen molar-refractivity contribution in [2.45, 2.75) is 64.3 Å². The molecule has 0 radical (unpaired) electrons. The minimum atomic E-state index is 0.372. The molecule has 2 fully saturated rings. The second kappa shape index (κ2) is 9.87. The molecule has 0 atom stereocenters. The molecule has 0 bridgehead atoms. The van der Waals surface area contributed by atoms with E-state index in [1.165, 1.54) is 76.6 Å². The summed E-state index contributed by atoms with van der Waals surface area (Å²) < 4.78 is 5.93. The van der Waals surface area contributed by atoms with Gasteiger partial charge >= 0.3 is 0 Å². The summed E-state index contributed by atoms with van der Waals surface area (Å²) in [6.45, 7) is 7.65. The molecule has 1 aromatic carbocycles. The van der Waals surface area contributed by atoms with E-state index in [4.69, 9.17) is 10.5 Å². The molecule has 3 heteroatoms. The van der Waals surface area contributed by atoms with Crippen molar-refractivity contribution >= 4 is 0 Å². The Morgan fingerprint density at radius 2 is 1.77 bits per heavy atom. The molecule has 26 heavy (non-hydrogen) atoms. The summed E-state index contributed by atoms with van der Waals surface area (Å²) in [4.78, 5) is 2.72. The van der Waals surface area contributed by atoms with Gasteiger partial charge in [-0.2, -0.15) is 0 Å². The van der Waals surface area contributed by atoms with Gasteiger partial charge in [0, 0.05) is 19.2 Å². The first-order chi connectivity index (χ1) is 12.7. The number of nitrogens with zero attached hydrogens (tertiary/aromatic N) is 1. The maximum atomic E-state index is 6.07. The Morgan fingerprint density at radius 3 is 2.42 bits per heavy atom. The Balaban J connectivity index is 1.49. The molecule has 0 spiro atoms. The van der Waals surface area contributed by atoms with Crippen molar-refractivity contribution in [3.63, 3.8) is 0 Å². The van der Waals surface area contributed by atoms with E-state index in [1.54, 1.807) is 0 Å². The first-order valence-electron chi connectivity index (χ1n) is 10.8. The zero-order valence-corrected chi connectivity index (χ0v) is 16.7. The monoisotopic (exact) mass is 358 g/mol. The van der Waals surface area contributed by atoms with Crippen LogP contribution in [-0.4, -0.2) is 43.8 Å². The average molecular weight is 359 g/mol.